The van der Waals surface area contributed by atoms with Crippen LogP contribution in [0.5, 0.6) is 0 Å². The third-order valence-corrected chi connectivity index (χ3v) is 8.49. The summed E-state index contributed by atoms with van der Waals surface area (Å²) >= 11 is 0. The van der Waals surface area contributed by atoms with E-state index in [4.69, 9.17) is 0 Å². The van der Waals surface area contributed by atoms with Gasteiger partial charge in [-0.3, -0.25) is 14.4 Å². The molecule has 4 heteroatoms. The highest BCUT2D eigenvalue weighted by Gasteiger charge is 2.60. The molecule has 1 N–H and O–H groups in total. The van der Waals surface area contributed by atoms with Crippen molar-refractivity contribution in [1.82, 2.24) is 5.32 Å². The van der Waals surface area contributed by atoms with Gasteiger partial charge in [0.15, 0.2) is 5.78 Å². The molecule has 0 aromatic heterocycles. The highest BCUT2D eigenvalue weighted by atomic mass is 16.2. The largest absolute Gasteiger partial charge is 0.347 e. The predicted octanol–water partition coefficient (Wildman–Crippen LogP) is 3.28. The molecule has 4 aliphatic rings. The molecule has 4 aliphatic carbocycles. The lowest BCUT2D eigenvalue weighted by Gasteiger charge is -2.60. The zero-order valence-corrected chi connectivity index (χ0v) is 15.8. The van der Waals surface area contributed by atoms with E-state index in [9.17, 15) is 14.4 Å². The van der Waals surface area contributed by atoms with Gasteiger partial charge in [-0.05, 0) is 66.6 Å². The van der Waals surface area contributed by atoms with Gasteiger partial charge >= 0.3 is 0 Å². The molecule has 138 valence electrons. The summed E-state index contributed by atoms with van der Waals surface area (Å²) in [6, 6.07) is -0.309. The quantitative estimate of drug-likeness (QED) is 0.793. The number of Topliss-reactive ketones (excluding diaryl/α,β-unsaturated/α-hetero) is 2. The Morgan fingerprint density at radius 1 is 1.08 bits per heavy atom. The molecule has 4 fully saturated rings. The highest BCUT2D eigenvalue weighted by Crippen LogP contribution is 2.65. The van der Waals surface area contributed by atoms with Crippen molar-refractivity contribution in [2.24, 2.45) is 34.5 Å². The van der Waals surface area contributed by atoms with Crippen molar-refractivity contribution in [3.8, 4) is 0 Å². The topological polar surface area (TPSA) is 63.2 Å². The standard InChI is InChI=1S/C21H31NO3/c1-12(23)22-18-11-21(3)13(8-19(18)25)4-5-15-16(21)6-7-20(2)10-14(24)9-17(15)20/h13,15-18H,4-11H2,1-3H3,(H,22,23)/t13-,15+,16-,17-,18?,20+,21-/m0/s1. The number of hydrogen-bond donors (Lipinski definition) is 1. The van der Waals surface area contributed by atoms with E-state index >= 15 is 0 Å². The minimum absolute atomic E-state index is 0.106. The van der Waals surface area contributed by atoms with E-state index < -0.39 is 0 Å². The summed E-state index contributed by atoms with van der Waals surface area (Å²) in [6.07, 6.45) is 7.55. The van der Waals surface area contributed by atoms with E-state index in [1.807, 2.05) is 0 Å². The smallest absolute Gasteiger partial charge is 0.217 e. The van der Waals surface area contributed by atoms with Crippen molar-refractivity contribution in [2.45, 2.75) is 78.2 Å². The first-order valence-corrected chi connectivity index (χ1v) is 10.0. The SMILES string of the molecule is CC(=O)NC1C[C@@]2(C)[C@@H](CC[C@H]3[C@@H]4CC(=O)C[C@@]4(C)CC[C@@H]32)CC1=O. The lowest BCUT2D eigenvalue weighted by atomic mass is 9.45. The molecule has 0 heterocycles. The van der Waals surface area contributed by atoms with E-state index in [0.717, 1.165) is 32.1 Å². The van der Waals surface area contributed by atoms with E-state index in [0.29, 0.717) is 35.9 Å². The second kappa shape index (κ2) is 5.65. The maximum Gasteiger partial charge on any atom is 0.217 e. The first-order valence-electron chi connectivity index (χ1n) is 10.0. The molecule has 0 aromatic carbocycles. The maximum atomic E-state index is 12.5. The Labute approximate surface area is 150 Å². The second-order valence-corrected chi connectivity index (χ2v) is 9.90. The van der Waals surface area contributed by atoms with Gasteiger partial charge in [-0.25, -0.2) is 0 Å². The van der Waals surface area contributed by atoms with E-state index in [1.165, 1.54) is 19.8 Å². The average Bonchev–Trinajstić information content (AvgIpc) is 2.82. The summed E-state index contributed by atoms with van der Waals surface area (Å²) in [7, 11) is 0. The Bertz CT molecular complexity index is 629. The third kappa shape index (κ3) is 2.59. The van der Waals surface area contributed by atoms with Crippen LogP contribution in [0.3, 0.4) is 0 Å². The van der Waals surface area contributed by atoms with Gasteiger partial charge in [-0.1, -0.05) is 13.8 Å². The van der Waals surface area contributed by atoms with Crippen LogP contribution < -0.4 is 5.32 Å². The number of nitrogens with one attached hydrogen (secondary N) is 1. The van der Waals surface area contributed by atoms with Gasteiger partial charge in [0.05, 0.1) is 6.04 Å². The minimum Gasteiger partial charge on any atom is -0.347 e. The average molecular weight is 345 g/mol. The van der Waals surface area contributed by atoms with Gasteiger partial charge in [-0.2, -0.15) is 0 Å². The number of rotatable bonds is 1. The fourth-order valence-corrected chi connectivity index (χ4v) is 7.28. The van der Waals surface area contributed by atoms with Crippen LogP contribution in [0.2, 0.25) is 0 Å². The Morgan fingerprint density at radius 3 is 2.56 bits per heavy atom. The number of carbonyl (C=O) groups excluding carboxylic acids is 3. The molecule has 0 spiro atoms. The van der Waals surface area contributed by atoms with Gasteiger partial charge in [0, 0.05) is 26.2 Å². The molecule has 7 atom stereocenters. The van der Waals surface area contributed by atoms with E-state index in [2.05, 4.69) is 19.2 Å². The summed E-state index contributed by atoms with van der Waals surface area (Å²) < 4.78 is 0. The van der Waals surface area contributed by atoms with E-state index in [-0.39, 0.29) is 28.6 Å². The maximum absolute atomic E-state index is 12.5. The molecule has 1 amide bonds. The zero-order valence-electron chi connectivity index (χ0n) is 15.8. The minimum atomic E-state index is -0.309. The van der Waals surface area contributed by atoms with Gasteiger partial charge < -0.3 is 5.32 Å². The van der Waals surface area contributed by atoms with Crippen LogP contribution in [0.1, 0.15) is 72.1 Å². The number of hydrogen-bond acceptors (Lipinski definition) is 3. The number of carbonyl (C=O) groups is 3. The van der Waals surface area contributed by atoms with Crippen LogP contribution >= 0.6 is 0 Å². The van der Waals surface area contributed by atoms with Crippen molar-refractivity contribution in [3.05, 3.63) is 0 Å². The first kappa shape index (κ1) is 17.2. The molecule has 4 nitrogen and oxygen atoms in total. The Balaban J connectivity index is 1.62. The summed E-state index contributed by atoms with van der Waals surface area (Å²) in [5.41, 5.74) is 0.333. The van der Waals surface area contributed by atoms with Gasteiger partial charge in [0.2, 0.25) is 5.91 Å². The monoisotopic (exact) mass is 345 g/mol. The zero-order chi connectivity index (χ0) is 18.0. The second-order valence-electron chi connectivity index (χ2n) is 9.90. The fourth-order valence-electron chi connectivity index (χ4n) is 7.28. The van der Waals surface area contributed by atoms with Crippen LogP contribution in [0, 0.1) is 34.5 Å². The van der Waals surface area contributed by atoms with Crippen molar-refractivity contribution < 1.29 is 14.4 Å². The molecular formula is C21H31NO3. The van der Waals surface area contributed by atoms with Gasteiger partial charge in [0.1, 0.15) is 5.78 Å². The molecule has 0 aromatic rings. The molecule has 0 radical (unpaired) electrons. The highest BCUT2D eigenvalue weighted by molar-refractivity contribution is 5.89. The Morgan fingerprint density at radius 2 is 1.84 bits per heavy atom. The molecule has 4 rings (SSSR count). The van der Waals surface area contributed by atoms with Crippen molar-refractivity contribution in [2.75, 3.05) is 0 Å². The molecule has 0 bridgehead atoms. The number of amides is 1. The Kier molecular flexibility index (Phi) is 3.90. The molecular weight excluding hydrogens is 314 g/mol. The summed E-state index contributed by atoms with van der Waals surface area (Å²) in [5, 5.41) is 2.90. The van der Waals surface area contributed by atoms with Crippen LogP contribution in [-0.4, -0.2) is 23.5 Å². The molecule has 0 saturated heterocycles. The van der Waals surface area contributed by atoms with Crippen molar-refractivity contribution >= 4 is 17.5 Å². The fraction of sp³-hybridized carbons (Fsp3) is 0.857. The van der Waals surface area contributed by atoms with Crippen molar-refractivity contribution in [3.63, 3.8) is 0 Å². The molecule has 25 heavy (non-hydrogen) atoms. The summed E-state index contributed by atoms with van der Waals surface area (Å²) in [6.45, 7) is 6.20. The van der Waals surface area contributed by atoms with Crippen LogP contribution in [0.25, 0.3) is 0 Å². The summed E-state index contributed by atoms with van der Waals surface area (Å²) in [4.78, 5) is 36.2. The van der Waals surface area contributed by atoms with E-state index in [1.54, 1.807) is 0 Å². The molecule has 4 saturated carbocycles. The lowest BCUT2D eigenvalue weighted by molar-refractivity contribution is -0.144. The van der Waals surface area contributed by atoms with Gasteiger partial charge in [-0.15, -0.1) is 0 Å². The number of fused-ring (bicyclic) bond motifs is 5. The van der Waals surface area contributed by atoms with Crippen LogP contribution in [0.4, 0.5) is 0 Å². The molecule has 1 unspecified atom stereocenters. The lowest BCUT2D eigenvalue weighted by Crippen LogP contribution is -2.58. The third-order valence-electron chi connectivity index (χ3n) is 8.49. The van der Waals surface area contributed by atoms with Gasteiger partial charge in [0.25, 0.3) is 0 Å². The van der Waals surface area contributed by atoms with Crippen molar-refractivity contribution in [1.29, 1.82) is 0 Å². The summed E-state index contributed by atoms with van der Waals surface area (Å²) in [5.74, 6) is 2.77. The predicted molar refractivity (Wildman–Crippen MR) is 94.7 cm³/mol. The Hall–Kier alpha value is -1.19. The number of ketones is 2. The normalized spacial score (nSPS) is 49.2. The van der Waals surface area contributed by atoms with Crippen LogP contribution in [0.15, 0.2) is 0 Å². The van der Waals surface area contributed by atoms with Crippen LogP contribution in [-0.2, 0) is 14.4 Å². The molecule has 0 aliphatic heterocycles. The first-order chi connectivity index (χ1) is 11.7.